The zero-order valence-corrected chi connectivity index (χ0v) is 29.6. The van der Waals surface area contributed by atoms with Crippen LogP contribution in [0.4, 0.5) is 0 Å². The highest BCUT2D eigenvalue weighted by molar-refractivity contribution is 7.26. The molecule has 50 heavy (non-hydrogen) atoms. The molecule has 4 heterocycles. The SMILES string of the molecule is CC1(C)OB(c2ccc3sc4ccc(-c5ccc6sc7ccc(-c8ccc9oc%10ccccc%10c(=O)c9c8)cc7c6c5)cc4c3c2)OC1(C)C. The molecule has 1 fully saturated rings. The average molecular weight is 687 g/mol. The van der Waals surface area contributed by atoms with Crippen molar-refractivity contribution in [3.8, 4) is 22.3 Å². The molecule has 0 saturated carbocycles. The molecular formula is C43H31BO4S2. The van der Waals surface area contributed by atoms with E-state index in [2.05, 4.69) is 100 Å². The summed E-state index contributed by atoms with van der Waals surface area (Å²) in [4.78, 5) is 13.4. The molecule has 7 heteroatoms. The van der Waals surface area contributed by atoms with E-state index in [4.69, 9.17) is 13.7 Å². The third-order valence-corrected chi connectivity index (χ3v) is 13.0. The van der Waals surface area contributed by atoms with Crippen LogP contribution in [-0.2, 0) is 9.31 Å². The zero-order valence-electron chi connectivity index (χ0n) is 28.0. The monoisotopic (exact) mass is 686 g/mol. The van der Waals surface area contributed by atoms with Crippen LogP contribution < -0.4 is 10.9 Å². The van der Waals surface area contributed by atoms with Gasteiger partial charge in [-0.05, 0) is 128 Å². The quantitative estimate of drug-likeness (QED) is 0.137. The van der Waals surface area contributed by atoms with Gasteiger partial charge in [-0.3, -0.25) is 4.79 Å². The number of hydrogen-bond acceptors (Lipinski definition) is 6. The summed E-state index contributed by atoms with van der Waals surface area (Å²) in [6.45, 7) is 8.38. The van der Waals surface area contributed by atoms with Crippen molar-refractivity contribution < 1.29 is 13.7 Å². The van der Waals surface area contributed by atoms with Crippen LogP contribution in [0.5, 0.6) is 0 Å². The van der Waals surface area contributed by atoms with E-state index in [1.165, 1.54) is 51.5 Å². The molecule has 0 atom stereocenters. The number of para-hydroxylation sites is 1. The second-order valence-corrected chi connectivity index (χ2v) is 16.5. The van der Waals surface area contributed by atoms with Crippen LogP contribution in [0, 0.1) is 0 Å². The fraction of sp³-hybridized carbons (Fsp3) is 0.140. The smallest absolute Gasteiger partial charge is 0.456 e. The van der Waals surface area contributed by atoms with Crippen LogP contribution in [-0.4, -0.2) is 18.3 Å². The lowest BCUT2D eigenvalue weighted by Gasteiger charge is -2.32. The third kappa shape index (κ3) is 4.54. The topological polar surface area (TPSA) is 48.7 Å². The molecule has 1 aliphatic heterocycles. The standard InChI is InChI=1S/C43H31BO4S2/c1-42(2)43(3,4)48-44(47-42)28-13-18-40-33(23-28)32-21-27(12-17-39(32)50-40)26-11-16-38-31(20-26)30-19-25(10-15-37(30)49-38)24-9-14-36-34(22-24)41(45)29-7-5-6-8-35(29)46-36/h5-23H,1-4H3. The number of fused-ring (bicyclic) bond motifs is 8. The van der Waals surface area contributed by atoms with Gasteiger partial charge in [0.1, 0.15) is 11.2 Å². The lowest BCUT2D eigenvalue weighted by atomic mass is 9.78. The van der Waals surface area contributed by atoms with Crippen LogP contribution in [0.2, 0.25) is 0 Å². The Labute approximate surface area is 296 Å². The molecule has 10 rings (SSSR count). The van der Waals surface area contributed by atoms with Gasteiger partial charge in [-0.15, -0.1) is 22.7 Å². The maximum absolute atomic E-state index is 13.4. The van der Waals surface area contributed by atoms with Crippen molar-refractivity contribution in [3.05, 3.63) is 125 Å². The maximum atomic E-state index is 13.4. The molecule has 0 aliphatic carbocycles. The Hall–Kier alpha value is -4.79. The van der Waals surface area contributed by atoms with Gasteiger partial charge >= 0.3 is 7.12 Å². The summed E-state index contributed by atoms with van der Waals surface area (Å²) in [5.41, 5.74) is 5.91. The molecule has 0 spiro atoms. The first-order valence-electron chi connectivity index (χ1n) is 16.9. The first-order valence-corrected chi connectivity index (χ1v) is 18.5. The van der Waals surface area contributed by atoms with Gasteiger partial charge in [-0.1, -0.05) is 48.5 Å². The molecule has 0 amide bonds. The summed E-state index contributed by atoms with van der Waals surface area (Å²) in [5, 5.41) is 6.11. The van der Waals surface area contributed by atoms with Gasteiger partial charge in [-0.2, -0.15) is 0 Å². The number of benzene rings is 6. The van der Waals surface area contributed by atoms with Crippen LogP contribution in [0.1, 0.15) is 27.7 Å². The Bertz CT molecular complexity index is 2910. The minimum atomic E-state index is -0.395. The van der Waals surface area contributed by atoms with Gasteiger partial charge in [0.15, 0.2) is 0 Å². The molecule has 0 radical (unpaired) electrons. The van der Waals surface area contributed by atoms with Gasteiger partial charge in [0.2, 0.25) is 5.43 Å². The average Bonchev–Trinajstić information content (AvgIpc) is 3.74. The van der Waals surface area contributed by atoms with E-state index >= 15 is 0 Å². The second-order valence-electron chi connectivity index (χ2n) is 14.3. The summed E-state index contributed by atoms with van der Waals surface area (Å²) >= 11 is 3.63. The minimum absolute atomic E-state index is 0.00454. The first kappa shape index (κ1) is 30.1. The van der Waals surface area contributed by atoms with Crippen molar-refractivity contribution in [2.45, 2.75) is 38.9 Å². The predicted octanol–water partition coefficient (Wildman–Crippen LogP) is 11.3. The Balaban J connectivity index is 1.05. The van der Waals surface area contributed by atoms with Gasteiger partial charge in [0.05, 0.1) is 22.0 Å². The van der Waals surface area contributed by atoms with E-state index in [-0.39, 0.29) is 16.6 Å². The first-order chi connectivity index (χ1) is 24.1. The van der Waals surface area contributed by atoms with E-state index in [0.29, 0.717) is 21.9 Å². The molecule has 6 aromatic carbocycles. The van der Waals surface area contributed by atoms with E-state index < -0.39 is 7.12 Å². The maximum Gasteiger partial charge on any atom is 0.494 e. The van der Waals surface area contributed by atoms with Crippen molar-refractivity contribution >= 4 is 97.5 Å². The van der Waals surface area contributed by atoms with Crippen molar-refractivity contribution in [1.29, 1.82) is 0 Å². The van der Waals surface area contributed by atoms with Gasteiger partial charge in [0.25, 0.3) is 0 Å². The normalized spacial score (nSPS) is 15.8. The Morgan fingerprint density at radius 3 is 1.48 bits per heavy atom. The fourth-order valence-corrected chi connectivity index (χ4v) is 9.35. The van der Waals surface area contributed by atoms with E-state index in [0.717, 1.165) is 16.6 Å². The van der Waals surface area contributed by atoms with E-state index in [1.54, 1.807) is 0 Å². The van der Waals surface area contributed by atoms with Gasteiger partial charge in [0, 0.05) is 35.0 Å². The Kier molecular flexibility index (Phi) is 6.38. The number of rotatable bonds is 3. The summed E-state index contributed by atoms with van der Waals surface area (Å²) < 4.78 is 23.9. The molecule has 9 aromatic rings. The molecule has 3 aromatic heterocycles. The van der Waals surface area contributed by atoms with Crippen LogP contribution in [0.25, 0.3) is 84.5 Å². The van der Waals surface area contributed by atoms with Gasteiger partial charge in [-0.25, -0.2) is 0 Å². The summed E-state index contributed by atoms with van der Waals surface area (Å²) in [5.74, 6) is 0. The Morgan fingerprint density at radius 1 is 0.480 bits per heavy atom. The van der Waals surface area contributed by atoms with Crippen molar-refractivity contribution in [3.63, 3.8) is 0 Å². The number of hydrogen-bond donors (Lipinski definition) is 0. The molecule has 1 saturated heterocycles. The van der Waals surface area contributed by atoms with Crippen LogP contribution in [0.15, 0.2) is 124 Å². The molecule has 0 N–H and O–H groups in total. The summed E-state index contributed by atoms with van der Waals surface area (Å²) in [7, 11) is -0.395. The molecule has 0 unspecified atom stereocenters. The van der Waals surface area contributed by atoms with E-state index in [1.807, 2.05) is 65.1 Å². The van der Waals surface area contributed by atoms with Crippen molar-refractivity contribution in [2.24, 2.45) is 0 Å². The summed E-state index contributed by atoms with van der Waals surface area (Å²) in [6, 6.07) is 40.1. The zero-order chi connectivity index (χ0) is 33.9. The minimum Gasteiger partial charge on any atom is -0.456 e. The predicted molar refractivity (Wildman–Crippen MR) is 212 cm³/mol. The molecule has 0 bridgehead atoms. The highest BCUT2D eigenvalue weighted by Gasteiger charge is 2.51. The van der Waals surface area contributed by atoms with Gasteiger partial charge < -0.3 is 13.7 Å². The molecule has 4 nitrogen and oxygen atoms in total. The number of thiophene rings is 2. The molecule has 242 valence electrons. The third-order valence-electron chi connectivity index (χ3n) is 10.7. The van der Waals surface area contributed by atoms with E-state index in [9.17, 15) is 4.79 Å². The Morgan fingerprint density at radius 2 is 0.920 bits per heavy atom. The molecular weight excluding hydrogens is 655 g/mol. The lowest BCUT2D eigenvalue weighted by Crippen LogP contribution is -2.41. The van der Waals surface area contributed by atoms with Crippen LogP contribution in [0.3, 0.4) is 0 Å². The van der Waals surface area contributed by atoms with Crippen molar-refractivity contribution in [1.82, 2.24) is 0 Å². The van der Waals surface area contributed by atoms with Crippen molar-refractivity contribution in [2.75, 3.05) is 0 Å². The van der Waals surface area contributed by atoms with Crippen LogP contribution >= 0.6 is 22.7 Å². The largest absolute Gasteiger partial charge is 0.494 e. The summed E-state index contributed by atoms with van der Waals surface area (Å²) in [6.07, 6.45) is 0. The fourth-order valence-electron chi connectivity index (χ4n) is 7.22. The molecule has 1 aliphatic rings. The highest BCUT2D eigenvalue weighted by Crippen LogP contribution is 2.42. The second kappa shape index (κ2) is 10.6. The lowest BCUT2D eigenvalue weighted by molar-refractivity contribution is 0.00578. The highest BCUT2D eigenvalue weighted by atomic mass is 32.1.